The summed E-state index contributed by atoms with van der Waals surface area (Å²) in [6.07, 6.45) is 2.60. The topological polar surface area (TPSA) is 110 Å². The average Bonchev–Trinajstić information content (AvgIpc) is 3.16. The lowest BCUT2D eigenvalue weighted by atomic mass is 9.88. The molecule has 1 unspecified atom stereocenters. The van der Waals surface area contributed by atoms with Crippen LogP contribution in [0.2, 0.25) is 0 Å². The zero-order chi connectivity index (χ0) is 23.8. The number of carbonyl (C=O) groups is 2. The third-order valence-electron chi connectivity index (χ3n) is 5.88. The highest BCUT2D eigenvalue weighted by Crippen LogP contribution is 2.39. The van der Waals surface area contributed by atoms with E-state index in [1.54, 1.807) is 24.3 Å². The van der Waals surface area contributed by atoms with Crippen molar-refractivity contribution >= 4 is 43.9 Å². The molecule has 9 heteroatoms. The Bertz CT molecular complexity index is 1300. The van der Waals surface area contributed by atoms with Gasteiger partial charge in [-0.1, -0.05) is 25.1 Å². The number of amides is 2. The van der Waals surface area contributed by atoms with Crippen LogP contribution in [-0.4, -0.2) is 27.3 Å². The second kappa shape index (κ2) is 8.99. The third-order valence-corrected chi connectivity index (χ3v) is 8.85. The quantitative estimate of drug-likeness (QED) is 0.551. The van der Waals surface area contributed by atoms with Gasteiger partial charge in [0.05, 0.1) is 16.1 Å². The van der Waals surface area contributed by atoms with Crippen molar-refractivity contribution in [2.75, 3.05) is 16.7 Å². The van der Waals surface area contributed by atoms with Gasteiger partial charge in [-0.15, -0.1) is 11.3 Å². The highest BCUT2D eigenvalue weighted by molar-refractivity contribution is 7.92. The van der Waals surface area contributed by atoms with Crippen molar-refractivity contribution in [3.05, 3.63) is 76.2 Å². The Hall–Kier alpha value is -3.17. The molecule has 33 heavy (non-hydrogen) atoms. The van der Waals surface area contributed by atoms with E-state index in [9.17, 15) is 18.0 Å². The molecule has 0 radical (unpaired) electrons. The smallest absolute Gasteiger partial charge is 0.264 e. The van der Waals surface area contributed by atoms with Gasteiger partial charge in [-0.3, -0.25) is 13.9 Å². The van der Waals surface area contributed by atoms with Crippen molar-refractivity contribution in [1.29, 1.82) is 0 Å². The van der Waals surface area contributed by atoms with Crippen LogP contribution in [0.25, 0.3) is 0 Å². The highest BCUT2D eigenvalue weighted by Gasteiger charge is 2.27. The number of primary amides is 1. The maximum atomic E-state index is 12.9. The van der Waals surface area contributed by atoms with E-state index in [0.717, 1.165) is 29.7 Å². The number of sulfonamides is 1. The predicted octanol–water partition coefficient (Wildman–Crippen LogP) is 4.05. The Kier molecular flexibility index (Phi) is 6.27. The minimum absolute atomic E-state index is 0.0730. The van der Waals surface area contributed by atoms with Crippen LogP contribution in [0.4, 0.5) is 10.7 Å². The Balaban J connectivity index is 1.56. The first kappa shape index (κ1) is 23.0. The van der Waals surface area contributed by atoms with E-state index in [-0.39, 0.29) is 10.5 Å². The van der Waals surface area contributed by atoms with E-state index in [1.807, 2.05) is 6.07 Å². The molecule has 3 aromatic rings. The first-order valence-corrected chi connectivity index (χ1v) is 12.8. The Morgan fingerprint density at radius 3 is 2.39 bits per heavy atom. The standard InChI is InChI=1S/C24H25N3O4S2/c1-15-8-13-19-20(14-15)32-24(21(19)22(25)28)26-23(29)16-9-11-18(12-10-16)33(30,31)27(2)17-6-4-3-5-7-17/h3-7,9-12,15H,8,13-14H2,1-2H3,(H2,25,28)(H,26,29). The summed E-state index contributed by atoms with van der Waals surface area (Å²) in [7, 11) is -2.29. The fourth-order valence-electron chi connectivity index (χ4n) is 3.99. The second-order valence-electron chi connectivity index (χ2n) is 8.21. The molecule has 4 rings (SSSR count). The van der Waals surface area contributed by atoms with Crippen LogP contribution in [0, 0.1) is 5.92 Å². The number of carbonyl (C=O) groups excluding carboxylic acids is 2. The monoisotopic (exact) mass is 483 g/mol. The molecule has 0 saturated carbocycles. The van der Waals surface area contributed by atoms with Crippen molar-refractivity contribution < 1.29 is 18.0 Å². The molecule has 1 heterocycles. The minimum atomic E-state index is -3.78. The number of benzene rings is 2. The van der Waals surface area contributed by atoms with Crippen molar-refractivity contribution in [1.82, 2.24) is 0 Å². The van der Waals surface area contributed by atoms with Crippen LogP contribution in [0.15, 0.2) is 59.5 Å². The molecular formula is C24H25N3O4S2. The molecule has 3 N–H and O–H groups in total. The number of nitrogens with zero attached hydrogens (tertiary/aromatic N) is 1. The number of nitrogens with two attached hydrogens (primary N) is 1. The molecule has 7 nitrogen and oxygen atoms in total. The van der Waals surface area contributed by atoms with Gasteiger partial charge in [0, 0.05) is 17.5 Å². The van der Waals surface area contributed by atoms with E-state index < -0.39 is 21.8 Å². The summed E-state index contributed by atoms with van der Waals surface area (Å²) in [4.78, 5) is 26.1. The number of para-hydroxylation sites is 1. The van der Waals surface area contributed by atoms with Gasteiger partial charge in [0.15, 0.2) is 0 Å². The lowest BCUT2D eigenvalue weighted by Crippen LogP contribution is -2.26. The molecule has 1 aliphatic carbocycles. The van der Waals surface area contributed by atoms with Gasteiger partial charge in [-0.25, -0.2) is 8.42 Å². The maximum absolute atomic E-state index is 12.9. The molecule has 0 spiro atoms. The highest BCUT2D eigenvalue weighted by atomic mass is 32.2. The molecule has 0 bridgehead atoms. The number of nitrogens with one attached hydrogen (secondary N) is 1. The number of rotatable bonds is 6. The average molecular weight is 484 g/mol. The molecule has 0 fully saturated rings. The van der Waals surface area contributed by atoms with E-state index in [0.29, 0.717) is 22.2 Å². The number of hydrogen-bond acceptors (Lipinski definition) is 5. The van der Waals surface area contributed by atoms with Crippen LogP contribution in [-0.2, 0) is 22.9 Å². The van der Waals surface area contributed by atoms with Gasteiger partial charge in [-0.2, -0.15) is 0 Å². The molecule has 172 valence electrons. The zero-order valence-electron chi connectivity index (χ0n) is 18.4. The first-order valence-electron chi connectivity index (χ1n) is 10.6. The summed E-state index contributed by atoms with van der Waals surface area (Å²) >= 11 is 1.39. The van der Waals surface area contributed by atoms with Crippen molar-refractivity contribution in [2.45, 2.75) is 31.1 Å². The Morgan fingerprint density at radius 1 is 1.09 bits per heavy atom. The van der Waals surface area contributed by atoms with Gasteiger partial charge < -0.3 is 11.1 Å². The predicted molar refractivity (Wildman–Crippen MR) is 130 cm³/mol. The van der Waals surface area contributed by atoms with Gasteiger partial charge in [0.2, 0.25) is 0 Å². The summed E-state index contributed by atoms with van der Waals surface area (Å²) in [6, 6.07) is 14.5. The largest absolute Gasteiger partial charge is 0.365 e. The van der Waals surface area contributed by atoms with Crippen LogP contribution < -0.4 is 15.4 Å². The SMILES string of the molecule is CC1CCc2c(sc(NC(=O)c3ccc(S(=O)(=O)N(C)c4ccccc4)cc3)c2C(N)=O)C1. The maximum Gasteiger partial charge on any atom is 0.264 e. The second-order valence-corrected chi connectivity index (χ2v) is 11.3. The lowest BCUT2D eigenvalue weighted by molar-refractivity contribution is 0.1000. The lowest BCUT2D eigenvalue weighted by Gasteiger charge is -2.19. The van der Waals surface area contributed by atoms with Gasteiger partial charge in [-0.05, 0) is 67.1 Å². The molecule has 1 atom stereocenters. The Labute approximate surface area is 197 Å². The molecule has 2 amide bonds. The molecular weight excluding hydrogens is 458 g/mol. The van der Waals surface area contributed by atoms with Crippen LogP contribution in [0.3, 0.4) is 0 Å². The number of hydrogen-bond donors (Lipinski definition) is 2. The summed E-state index contributed by atoms with van der Waals surface area (Å²) in [5, 5.41) is 3.26. The molecule has 0 aliphatic heterocycles. The molecule has 0 saturated heterocycles. The van der Waals surface area contributed by atoms with E-state index in [1.165, 1.54) is 47.0 Å². The van der Waals surface area contributed by atoms with Crippen LogP contribution in [0.5, 0.6) is 0 Å². The van der Waals surface area contributed by atoms with E-state index in [4.69, 9.17) is 5.73 Å². The third kappa shape index (κ3) is 4.51. The first-order chi connectivity index (χ1) is 15.7. The fourth-order valence-corrected chi connectivity index (χ4v) is 6.59. The molecule has 1 aromatic heterocycles. The normalized spacial score (nSPS) is 15.5. The van der Waals surface area contributed by atoms with Gasteiger partial charge >= 0.3 is 0 Å². The number of anilines is 2. The molecule has 2 aromatic carbocycles. The number of fused-ring (bicyclic) bond motifs is 1. The Morgan fingerprint density at radius 2 is 1.76 bits per heavy atom. The summed E-state index contributed by atoms with van der Waals surface area (Å²) in [5.41, 5.74) is 7.77. The molecule has 1 aliphatic rings. The van der Waals surface area contributed by atoms with E-state index >= 15 is 0 Å². The number of thiophene rings is 1. The zero-order valence-corrected chi connectivity index (χ0v) is 20.0. The van der Waals surface area contributed by atoms with Crippen molar-refractivity contribution in [3.8, 4) is 0 Å². The summed E-state index contributed by atoms with van der Waals surface area (Å²) in [6.45, 7) is 2.16. The fraction of sp³-hybridized carbons (Fsp3) is 0.250. The van der Waals surface area contributed by atoms with Crippen molar-refractivity contribution in [2.24, 2.45) is 11.7 Å². The van der Waals surface area contributed by atoms with Crippen molar-refractivity contribution in [3.63, 3.8) is 0 Å². The summed E-state index contributed by atoms with van der Waals surface area (Å²) in [5.74, 6) is -0.462. The van der Waals surface area contributed by atoms with Crippen LogP contribution in [0.1, 0.15) is 44.5 Å². The van der Waals surface area contributed by atoms with Gasteiger partial charge in [0.1, 0.15) is 5.00 Å². The summed E-state index contributed by atoms with van der Waals surface area (Å²) < 4.78 is 27.1. The van der Waals surface area contributed by atoms with Crippen LogP contribution >= 0.6 is 11.3 Å². The van der Waals surface area contributed by atoms with Gasteiger partial charge in [0.25, 0.3) is 21.8 Å². The van der Waals surface area contributed by atoms with E-state index in [2.05, 4.69) is 12.2 Å². The minimum Gasteiger partial charge on any atom is -0.365 e.